The van der Waals surface area contributed by atoms with Crippen LogP contribution >= 0.6 is 31.9 Å². The Kier molecular flexibility index (Phi) is 4.72. The number of nitrogens with one attached hydrogen (secondary N) is 2. The van der Waals surface area contributed by atoms with Crippen LogP contribution in [0.25, 0.3) is 11.0 Å². The average molecular weight is 473 g/mol. The minimum absolute atomic E-state index is 0.0174. The molecule has 7 nitrogen and oxygen atoms in total. The zero-order valence-electron chi connectivity index (χ0n) is 13.6. The maximum absolute atomic E-state index is 11.6. The molecule has 2 aromatic rings. The van der Waals surface area contributed by atoms with E-state index < -0.39 is 0 Å². The van der Waals surface area contributed by atoms with E-state index in [-0.39, 0.29) is 10.6 Å². The molecule has 25 heavy (non-hydrogen) atoms. The number of hydrogen-bond donors (Lipinski definition) is 2. The Bertz CT molecular complexity index is 828. The first kappa shape index (κ1) is 17.2. The van der Waals surface area contributed by atoms with Crippen LogP contribution in [0.4, 0.5) is 11.6 Å². The van der Waals surface area contributed by atoms with Gasteiger partial charge in [-0.3, -0.25) is 10.1 Å². The van der Waals surface area contributed by atoms with Gasteiger partial charge in [-0.1, -0.05) is 0 Å². The molecule has 0 bridgehead atoms. The minimum atomic E-state index is -0.364. The van der Waals surface area contributed by atoms with E-state index in [4.69, 9.17) is 0 Å². The Labute approximate surface area is 162 Å². The van der Waals surface area contributed by atoms with Gasteiger partial charge in [0.1, 0.15) is 4.47 Å². The Morgan fingerprint density at radius 1 is 1.40 bits per heavy atom. The van der Waals surface area contributed by atoms with Crippen molar-refractivity contribution in [1.82, 2.24) is 14.9 Å². The largest absolute Gasteiger partial charge is 0.352 e. The third kappa shape index (κ3) is 3.41. The smallest absolute Gasteiger partial charge is 0.312 e. The number of nitrogens with zero attached hydrogens (tertiary/aromatic N) is 3. The van der Waals surface area contributed by atoms with E-state index in [1.165, 1.54) is 12.8 Å². The molecule has 2 heterocycles. The van der Waals surface area contributed by atoms with E-state index in [0.29, 0.717) is 26.4 Å². The van der Waals surface area contributed by atoms with E-state index in [9.17, 15) is 10.1 Å². The van der Waals surface area contributed by atoms with Crippen LogP contribution in [0, 0.1) is 16.0 Å². The molecular formula is C16H19Br2N5O2. The van der Waals surface area contributed by atoms with Crippen LogP contribution in [-0.4, -0.2) is 33.6 Å². The lowest BCUT2D eigenvalue weighted by atomic mass is 10.1. The van der Waals surface area contributed by atoms with Crippen LogP contribution in [0.1, 0.15) is 25.7 Å². The first-order valence-electron chi connectivity index (χ1n) is 8.54. The molecule has 1 saturated heterocycles. The van der Waals surface area contributed by atoms with Crippen molar-refractivity contribution in [2.24, 2.45) is 5.92 Å². The van der Waals surface area contributed by atoms with Crippen LogP contribution in [-0.2, 0) is 6.54 Å². The fourth-order valence-electron chi connectivity index (χ4n) is 3.36. The highest BCUT2D eigenvalue weighted by atomic mass is 79.9. The molecule has 1 aliphatic heterocycles. The van der Waals surface area contributed by atoms with Crippen molar-refractivity contribution in [1.29, 1.82) is 0 Å². The van der Waals surface area contributed by atoms with Crippen LogP contribution < -0.4 is 10.6 Å². The van der Waals surface area contributed by atoms with Crippen molar-refractivity contribution in [2.45, 2.75) is 38.3 Å². The van der Waals surface area contributed by atoms with Crippen molar-refractivity contribution in [2.75, 3.05) is 18.4 Å². The second-order valence-corrected chi connectivity index (χ2v) is 8.47. The molecule has 1 atom stereocenters. The van der Waals surface area contributed by atoms with Gasteiger partial charge in [-0.15, -0.1) is 0 Å². The number of hydrogen-bond acceptors (Lipinski definition) is 5. The highest BCUT2D eigenvalue weighted by Gasteiger charge is 2.30. The van der Waals surface area contributed by atoms with Crippen molar-refractivity contribution < 1.29 is 4.92 Å². The molecule has 4 rings (SSSR count). The van der Waals surface area contributed by atoms with Crippen molar-refractivity contribution in [3.63, 3.8) is 0 Å². The van der Waals surface area contributed by atoms with Crippen LogP contribution in [0.2, 0.25) is 0 Å². The maximum Gasteiger partial charge on any atom is 0.312 e. The lowest BCUT2D eigenvalue weighted by Crippen LogP contribution is -2.39. The third-order valence-corrected chi connectivity index (χ3v) is 6.82. The topological polar surface area (TPSA) is 85.0 Å². The van der Waals surface area contributed by atoms with E-state index >= 15 is 0 Å². The molecule has 1 saturated carbocycles. The second kappa shape index (κ2) is 6.85. The Morgan fingerprint density at radius 2 is 2.20 bits per heavy atom. The fourth-order valence-corrected chi connectivity index (χ4v) is 4.22. The number of anilines is 1. The Morgan fingerprint density at radius 3 is 2.84 bits per heavy atom. The number of nitro groups is 1. The van der Waals surface area contributed by atoms with Gasteiger partial charge < -0.3 is 15.2 Å². The summed E-state index contributed by atoms with van der Waals surface area (Å²) in [6.45, 7) is 2.79. The predicted octanol–water partition coefficient (Wildman–Crippen LogP) is 4.04. The van der Waals surface area contributed by atoms with Crippen molar-refractivity contribution >= 4 is 54.5 Å². The first-order chi connectivity index (χ1) is 12.0. The molecule has 0 spiro atoms. The molecule has 1 aromatic heterocycles. The molecule has 0 amide bonds. The van der Waals surface area contributed by atoms with E-state index in [1.54, 1.807) is 0 Å². The summed E-state index contributed by atoms with van der Waals surface area (Å²) in [7, 11) is 0. The molecule has 0 unspecified atom stereocenters. The second-order valence-electron chi connectivity index (χ2n) is 6.82. The quantitative estimate of drug-likeness (QED) is 0.506. The van der Waals surface area contributed by atoms with Gasteiger partial charge in [-0.05, 0) is 76.1 Å². The monoisotopic (exact) mass is 471 g/mol. The summed E-state index contributed by atoms with van der Waals surface area (Å²) in [6, 6.07) is 2.22. The number of nitro benzene ring substituents is 1. The molecule has 134 valence electrons. The highest BCUT2D eigenvalue weighted by Crippen LogP contribution is 2.41. The van der Waals surface area contributed by atoms with Gasteiger partial charge >= 0.3 is 5.69 Å². The Hall–Kier alpha value is -1.19. The zero-order valence-corrected chi connectivity index (χ0v) is 16.8. The van der Waals surface area contributed by atoms with Gasteiger partial charge in [-0.2, -0.15) is 0 Å². The molecule has 1 aliphatic carbocycles. The standard InChI is InChI=1S/C16H19Br2N5O2/c17-11-6-12-14(15(13(11)18)23(24)25)21-16(22(12)8-9-3-4-9)20-10-2-1-5-19-7-10/h6,9-10,19H,1-5,7-8H2,(H,20,21)/t10-/m1/s1. The number of imidazole rings is 1. The number of piperidine rings is 1. The van der Waals surface area contributed by atoms with E-state index in [2.05, 4.69) is 52.0 Å². The Balaban J connectivity index is 1.82. The summed E-state index contributed by atoms with van der Waals surface area (Å²) < 4.78 is 3.23. The highest BCUT2D eigenvalue weighted by molar-refractivity contribution is 9.13. The molecular weight excluding hydrogens is 454 g/mol. The SMILES string of the molecule is O=[N+]([O-])c1c(Br)c(Br)cc2c1nc(N[C@@H]1CCCNC1)n2CC1CC1. The number of benzene rings is 1. The van der Waals surface area contributed by atoms with Crippen LogP contribution in [0.15, 0.2) is 15.0 Å². The zero-order chi connectivity index (χ0) is 17.6. The van der Waals surface area contributed by atoms with Gasteiger partial charge in [0.25, 0.3) is 0 Å². The molecule has 2 fully saturated rings. The summed E-state index contributed by atoms with van der Waals surface area (Å²) in [4.78, 5) is 15.9. The van der Waals surface area contributed by atoms with Crippen LogP contribution in [0.3, 0.4) is 0 Å². The number of aromatic nitrogens is 2. The molecule has 0 radical (unpaired) electrons. The summed E-state index contributed by atoms with van der Waals surface area (Å²) in [5.41, 5.74) is 1.26. The third-order valence-electron chi connectivity index (χ3n) is 4.86. The van der Waals surface area contributed by atoms with Gasteiger partial charge in [0, 0.05) is 23.6 Å². The number of fused-ring (bicyclic) bond motifs is 1. The van der Waals surface area contributed by atoms with Crippen molar-refractivity contribution in [3.8, 4) is 0 Å². The van der Waals surface area contributed by atoms with Crippen LogP contribution in [0.5, 0.6) is 0 Å². The molecule has 2 N–H and O–H groups in total. The molecule has 2 aliphatic rings. The minimum Gasteiger partial charge on any atom is -0.352 e. The summed E-state index contributed by atoms with van der Waals surface area (Å²) in [5, 5.41) is 18.5. The van der Waals surface area contributed by atoms with Gasteiger partial charge in [0.05, 0.1) is 10.4 Å². The summed E-state index contributed by atoms with van der Waals surface area (Å²) >= 11 is 6.77. The molecule has 9 heteroatoms. The summed E-state index contributed by atoms with van der Waals surface area (Å²) in [6.07, 6.45) is 4.63. The van der Waals surface area contributed by atoms with Gasteiger partial charge in [0.2, 0.25) is 5.95 Å². The van der Waals surface area contributed by atoms with Gasteiger partial charge in [-0.25, -0.2) is 4.98 Å². The maximum atomic E-state index is 11.6. The first-order valence-corrected chi connectivity index (χ1v) is 10.1. The number of rotatable bonds is 5. The summed E-state index contributed by atoms with van der Waals surface area (Å²) in [5.74, 6) is 1.38. The lowest BCUT2D eigenvalue weighted by Gasteiger charge is -2.24. The molecule has 1 aromatic carbocycles. The van der Waals surface area contributed by atoms with E-state index in [0.717, 1.165) is 43.9 Å². The number of halogens is 2. The lowest BCUT2D eigenvalue weighted by molar-refractivity contribution is -0.384. The fraction of sp³-hybridized carbons (Fsp3) is 0.562. The predicted molar refractivity (Wildman–Crippen MR) is 104 cm³/mol. The van der Waals surface area contributed by atoms with Gasteiger partial charge in [0.15, 0.2) is 5.52 Å². The van der Waals surface area contributed by atoms with Crippen molar-refractivity contribution in [3.05, 3.63) is 25.1 Å². The van der Waals surface area contributed by atoms with E-state index in [1.807, 2.05) is 6.07 Å². The average Bonchev–Trinajstić information content (AvgIpc) is 3.34. The normalized spacial score (nSPS) is 20.8.